The molecule has 1 amide bonds. The van der Waals surface area contributed by atoms with Crippen LogP contribution in [0.5, 0.6) is 0 Å². The van der Waals surface area contributed by atoms with Gasteiger partial charge in [0.15, 0.2) is 0 Å². The van der Waals surface area contributed by atoms with Crippen molar-refractivity contribution in [3.05, 3.63) is 60.0 Å². The molecule has 1 aliphatic rings. The zero-order valence-electron chi connectivity index (χ0n) is 14.6. The first kappa shape index (κ1) is 16.3. The second-order valence-corrected chi connectivity index (χ2v) is 6.47. The fourth-order valence-electron chi connectivity index (χ4n) is 3.04. The van der Waals surface area contributed by atoms with E-state index < -0.39 is 5.91 Å². The third-order valence-corrected chi connectivity index (χ3v) is 4.51. The van der Waals surface area contributed by atoms with Crippen LogP contribution in [0.4, 0.5) is 11.4 Å². The third-order valence-electron chi connectivity index (χ3n) is 4.51. The van der Waals surface area contributed by atoms with Crippen molar-refractivity contribution in [3.63, 3.8) is 0 Å². The van der Waals surface area contributed by atoms with Crippen LogP contribution in [0, 0.1) is 6.92 Å². The third kappa shape index (κ3) is 3.44. The number of rotatable bonds is 4. The normalized spacial score (nSPS) is 13.8. The van der Waals surface area contributed by atoms with E-state index in [-0.39, 0.29) is 5.89 Å². The van der Waals surface area contributed by atoms with Gasteiger partial charge >= 0.3 is 11.8 Å². The molecule has 0 atom stereocenters. The number of hydrogen-bond donors (Lipinski definition) is 1. The van der Waals surface area contributed by atoms with Crippen molar-refractivity contribution < 1.29 is 9.21 Å². The first-order valence-electron chi connectivity index (χ1n) is 8.76. The number of hydrogen-bond acceptors (Lipinski definition) is 5. The van der Waals surface area contributed by atoms with Gasteiger partial charge in [0.25, 0.3) is 0 Å². The molecule has 132 valence electrons. The lowest BCUT2D eigenvalue weighted by Crippen LogP contribution is -2.17. The summed E-state index contributed by atoms with van der Waals surface area (Å²) in [6.45, 7) is 4.19. The first-order valence-corrected chi connectivity index (χ1v) is 8.76. The largest absolute Gasteiger partial charge is 0.412 e. The molecule has 6 nitrogen and oxygen atoms in total. The van der Waals surface area contributed by atoms with Crippen molar-refractivity contribution in [2.45, 2.75) is 19.8 Å². The van der Waals surface area contributed by atoms with Crippen LogP contribution in [0.15, 0.2) is 52.9 Å². The lowest BCUT2D eigenvalue weighted by molar-refractivity contribution is 0.0991. The minimum atomic E-state index is -0.412. The molecule has 0 aliphatic carbocycles. The minimum absolute atomic E-state index is 0.0517. The predicted molar refractivity (Wildman–Crippen MR) is 100 cm³/mol. The standard InChI is InChI=1S/C20H20N4O2/c1-14-4-6-15(7-5-14)19-22-23-20(26-19)18(25)21-16-8-10-17(11-9-16)24-12-2-3-13-24/h4-11H,2-3,12-13H2,1H3,(H,21,25). The molecule has 2 heterocycles. The van der Waals surface area contributed by atoms with Gasteiger partial charge in [-0.2, -0.15) is 0 Å². The van der Waals surface area contributed by atoms with Gasteiger partial charge in [-0.15, -0.1) is 10.2 Å². The van der Waals surface area contributed by atoms with E-state index in [0.29, 0.717) is 11.6 Å². The van der Waals surface area contributed by atoms with Gasteiger partial charge in [0, 0.05) is 30.0 Å². The molecule has 3 aromatic rings. The number of benzene rings is 2. The van der Waals surface area contributed by atoms with E-state index in [2.05, 4.69) is 20.4 Å². The van der Waals surface area contributed by atoms with Crippen LogP contribution in [0.3, 0.4) is 0 Å². The Kier molecular flexibility index (Phi) is 4.39. The summed E-state index contributed by atoms with van der Waals surface area (Å²) in [5.74, 6) is -0.131. The average molecular weight is 348 g/mol. The van der Waals surface area contributed by atoms with Crippen LogP contribution < -0.4 is 10.2 Å². The summed E-state index contributed by atoms with van der Waals surface area (Å²) in [6, 6.07) is 15.5. The van der Waals surface area contributed by atoms with Crippen LogP contribution in [-0.2, 0) is 0 Å². The number of carbonyl (C=O) groups is 1. The van der Waals surface area contributed by atoms with Crippen molar-refractivity contribution >= 4 is 17.3 Å². The Bertz CT molecular complexity index is 894. The van der Waals surface area contributed by atoms with Gasteiger partial charge in [-0.1, -0.05) is 17.7 Å². The predicted octanol–water partition coefficient (Wildman–Crippen LogP) is 3.90. The van der Waals surface area contributed by atoms with Crippen molar-refractivity contribution in [2.75, 3.05) is 23.3 Å². The van der Waals surface area contributed by atoms with Crippen molar-refractivity contribution in [3.8, 4) is 11.5 Å². The molecule has 26 heavy (non-hydrogen) atoms. The fraction of sp³-hybridized carbons (Fsp3) is 0.250. The Morgan fingerprint density at radius 1 is 1.00 bits per heavy atom. The second kappa shape index (κ2) is 7.00. The summed E-state index contributed by atoms with van der Waals surface area (Å²) < 4.78 is 5.51. The molecule has 4 rings (SSSR count). The summed E-state index contributed by atoms with van der Waals surface area (Å²) in [5.41, 5.74) is 3.81. The highest BCUT2D eigenvalue weighted by atomic mass is 16.4. The lowest BCUT2D eigenvalue weighted by atomic mass is 10.1. The van der Waals surface area contributed by atoms with Gasteiger partial charge in [-0.3, -0.25) is 4.79 Å². The van der Waals surface area contributed by atoms with Crippen molar-refractivity contribution in [2.24, 2.45) is 0 Å². The molecule has 1 fully saturated rings. The topological polar surface area (TPSA) is 71.3 Å². The van der Waals surface area contributed by atoms with Crippen molar-refractivity contribution in [1.29, 1.82) is 0 Å². The van der Waals surface area contributed by atoms with Gasteiger partial charge < -0.3 is 14.6 Å². The number of carbonyl (C=O) groups excluding carboxylic acids is 1. The Labute approximate surface area is 151 Å². The lowest BCUT2D eigenvalue weighted by Gasteiger charge is -2.17. The molecule has 1 saturated heterocycles. The van der Waals surface area contributed by atoms with Gasteiger partial charge in [0.2, 0.25) is 5.89 Å². The van der Waals surface area contributed by atoms with Gasteiger partial charge in [0.05, 0.1) is 0 Å². The maximum absolute atomic E-state index is 12.3. The molecule has 1 aromatic heterocycles. The Morgan fingerprint density at radius 3 is 2.38 bits per heavy atom. The summed E-state index contributed by atoms with van der Waals surface area (Å²) >= 11 is 0. The summed E-state index contributed by atoms with van der Waals surface area (Å²) in [4.78, 5) is 14.7. The molecule has 2 aromatic carbocycles. The number of anilines is 2. The molecule has 0 unspecified atom stereocenters. The van der Waals surface area contributed by atoms with E-state index in [4.69, 9.17) is 4.42 Å². The van der Waals surface area contributed by atoms with Crippen LogP contribution in [0.25, 0.3) is 11.5 Å². The van der Waals surface area contributed by atoms with Crippen LogP contribution in [-0.4, -0.2) is 29.2 Å². The number of amides is 1. The summed E-state index contributed by atoms with van der Waals surface area (Å²) in [6.07, 6.45) is 2.47. The highest BCUT2D eigenvalue weighted by molar-refractivity contribution is 6.01. The van der Waals surface area contributed by atoms with E-state index >= 15 is 0 Å². The fourth-order valence-corrected chi connectivity index (χ4v) is 3.04. The highest BCUT2D eigenvalue weighted by Gasteiger charge is 2.17. The molecule has 1 aliphatic heterocycles. The molecular formula is C20H20N4O2. The monoisotopic (exact) mass is 348 g/mol. The van der Waals surface area contributed by atoms with Gasteiger partial charge in [0.1, 0.15) is 0 Å². The summed E-state index contributed by atoms with van der Waals surface area (Å²) in [7, 11) is 0. The van der Waals surface area contributed by atoms with Crippen molar-refractivity contribution in [1.82, 2.24) is 10.2 Å². The average Bonchev–Trinajstić information content (AvgIpc) is 3.35. The molecular weight excluding hydrogens is 328 g/mol. The number of aromatic nitrogens is 2. The molecule has 0 bridgehead atoms. The molecule has 0 saturated carbocycles. The number of aryl methyl sites for hydroxylation is 1. The number of nitrogens with zero attached hydrogens (tertiary/aromatic N) is 3. The van der Waals surface area contributed by atoms with E-state index in [0.717, 1.165) is 24.2 Å². The van der Waals surface area contributed by atoms with Gasteiger partial charge in [-0.05, 0) is 56.2 Å². The number of nitrogens with one attached hydrogen (secondary N) is 1. The van der Waals surface area contributed by atoms with Crippen LogP contribution in [0.2, 0.25) is 0 Å². The SMILES string of the molecule is Cc1ccc(-c2nnc(C(=O)Nc3ccc(N4CCCC4)cc3)o2)cc1. The zero-order chi connectivity index (χ0) is 17.9. The Balaban J connectivity index is 1.44. The van der Waals surface area contributed by atoms with Gasteiger partial charge in [-0.25, -0.2) is 0 Å². The Morgan fingerprint density at radius 2 is 1.69 bits per heavy atom. The van der Waals surface area contributed by atoms with E-state index in [1.54, 1.807) is 0 Å². The molecule has 1 N–H and O–H groups in total. The quantitative estimate of drug-likeness (QED) is 0.774. The minimum Gasteiger partial charge on any atom is -0.412 e. The zero-order valence-corrected chi connectivity index (χ0v) is 14.6. The molecule has 0 spiro atoms. The Hall–Kier alpha value is -3.15. The maximum atomic E-state index is 12.3. The molecule has 6 heteroatoms. The van der Waals surface area contributed by atoms with Crippen LogP contribution in [0.1, 0.15) is 29.1 Å². The second-order valence-electron chi connectivity index (χ2n) is 6.47. The van der Waals surface area contributed by atoms with E-state index in [1.807, 2.05) is 55.5 Å². The van der Waals surface area contributed by atoms with Crippen LogP contribution >= 0.6 is 0 Å². The van der Waals surface area contributed by atoms with E-state index in [9.17, 15) is 4.79 Å². The van der Waals surface area contributed by atoms with E-state index in [1.165, 1.54) is 18.5 Å². The summed E-state index contributed by atoms with van der Waals surface area (Å²) in [5, 5.41) is 10.6. The molecule has 0 radical (unpaired) electrons. The maximum Gasteiger partial charge on any atom is 0.313 e. The first-order chi connectivity index (χ1) is 12.7. The smallest absolute Gasteiger partial charge is 0.313 e. The highest BCUT2D eigenvalue weighted by Crippen LogP contribution is 2.23.